The second kappa shape index (κ2) is 7.34. The van der Waals surface area contributed by atoms with Crippen molar-refractivity contribution in [1.29, 1.82) is 0 Å². The van der Waals surface area contributed by atoms with Gasteiger partial charge in [-0.15, -0.1) is 11.3 Å². The predicted molar refractivity (Wildman–Crippen MR) is 98.6 cm³/mol. The maximum atomic E-state index is 6.09. The molecule has 3 N–H and O–H groups in total. The van der Waals surface area contributed by atoms with Crippen molar-refractivity contribution in [3.05, 3.63) is 51.7 Å². The number of anilines is 1. The molecule has 1 unspecified atom stereocenters. The Morgan fingerprint density at radius 2 is 2.25 bits per heavy atom. The molecule has 24 heavy (non-hydrogen) atoms. The van der Waals surface area contributed by atoms with Crippen molar-refractivity contribution in [2.75, 3.05) is 25.6 Å². The van der Waals surface area contributed by atoms with Gasteiger partial charge < -0.3 is 20.5 Å². The fourth-order valence-corrected chi connectivity index (χ4v) is 3.90. The lowest BCUT2D eigenvalue weighted by atomic mass is 9.93. The zero-order valence-corrected chi connectivity index (χ0v) is 14.9. The molecular weight excluding hydrogens is 322 g/mol. The number of methoxy groups -OCH3 is 1. The first-order valence-electron chi connectivity index (χ1n) is 7.97. The van der Waals surface area contributed by atoms with E-state index in [1.54, 1.807) is 18.4 Å². The third-order valence-corrected chi connectivity index (χ3v) is 5.18. The molecule has 1 aliphatic rings. The van der Waals surface area contributed by atoms with E-state index in [4.69, 9.17) is 15.2 Å². The van der Waals surface area contributed by atoms with Gasteiger partial charge >= 0.3 is 0 Å². The minimum Gasteiger partial charge on any atom is -0.380 e. The summed E-state index contributed by atoms with van der Waals surface area (Å²) in [5.41, 5.74) is 8.86. The molecule has 2 aromatic rings. The molecule has 0 saturated heterocycles. The Morgan fingerprint density at radius 1 is 1.42 bits per heavy atom. The van der Waals surface area contributed by atoms with Gasteiger partial charge in [0.25, 0.3) is 0 Å². The van der Waals surface area contributed by atoms with Crippen LogP contribution >= 0.6 is 11.3 Å². The first-order chi connectivity index (χ1) is 11.6. The summed E-state index contributed by atoms with van der Waals surface area (Å²) in [6, 6.07) is 10.0. The average molecular weight is 345 g/mol. The van der Waals surface area contributed by atoms with Crippen molar-refractivity contribution >= 4 is 23.0 Å². The van der Waals surface area contributed by atoms with Gasteiger partial charge in [-0.3, -0.25) is 0 Å². The molecule has 0 bridgehead atoms. The Labute approximate surface area is 146 Å². The number of nitrogens with zero attached hydrogens (tertiary/aromatic N) is 1. The molecule has 0 aliphatic carbocycles. The molecule has 6 heteroatoms. The van der Waals surface area contributed by atoms with Gasteiger partial charge in [0, 0.05) is 29.7 Å². The predicted octanol–water partition coefficient (Wildman–Crippen LogP) is 3.11. The molecule has 0 radical (unpaired) electrons. The van der Waals surface area contributed by atoms with Crippen LogP contribution in [0.25, 0.3) is 0 Å². The van der Waals surface area contributed by atoms with Gasteiger partial charge in [-0.05, 0) is 30.0 Å². The normalized spacial score (nSPS) is 20.7. The van der Waals surface area contributed by atoms with Crippen LogP contribution < -0.4 is 11.1 Å². The smallest absolute Gasteiger partial charge is 0.193 e. The van der Waals surface area contributed by atoms with Crippen LogP contribution in [0.4, 0.5) is 5.69 Å². The number of aliphatic imine (C=N–C) groups is 1. The van der Waals surface area contributed by atoms with Crippen molar-refractivity contribution in [2.24, 2.45) is 10.7 Å². The van der Waals surface area contributed by atoms with Crippen LogP contribution in [0.2, 0.25) is 0 Å². The third-order valence-electron chi connectivity index (χ3n) is 4.20. The van der Waals surface area contributed by atoms with E-state index in [0.29, 0.717) is 19.1 Å². The molecule has 5 nitrogen and oxygen atoms in total. The first kappa shape index (κ1) is 17.0. The number of ether oxygens (including phenoxy) is 2. The highest BCUT2D eigenvalue weighted by Gasteiger charge is 2.33. The zero-order chi connectivity index (χ0) is 17.0. The minimum absolute atomic E-state index is 0.380. The molecule has 2 heterocycles. The molecule has 3 rings (SSSR count). The number of rotatable bonds is 5. The molecule has 128 valence electrons. The Bertz CT molecular complexity index is 729. The van der Waals surface area contributed by atoms with Gasteiger partial charge in [-0.25, -0.2) is 4.99 Å². The Balaban J connectivity index is 1.72. The number of hydrogen-bond acceptors (Lipinski definition) is 4. The highest BCUT2D eigenvalue weighted by Crippen LogP contribution is 2.36. The van der Waals surface area contributed by atoms with Crippen molar-refractivity contribution in [2.45, 2.75) is 25.6 Å². The zero-order valence-electron chi connectivity index (χ0n) is 14.0. The second-order valence-corrected chi connectivity index (χ2v) is 7.00. The molecular formula is C18H23N3O2S. The second-order valence-electron chi connectivity index (χ2n) is 6.00. The monoisotopic (exact) mass is 345 g/mol. The van der Waals surface area contributed by atoms with E-state index >= 15 is 0 Å². The molecule has 1 aromatic heterocycles. The topological polar surface area (TPSA) is 68.9 Å². The minimum atomic E-state index is -0.411. The van der Waals surface area contributed by atoms with Crippen LogP contribution in [0.5, 0.6) is 0 Å². The van der Waals surface area contributed by atoms with Gasteiger partial charge in [0.1, 0.15) is 5.60 Å². The van der Waals surface area contributed by atoms with Gasteiger partial charge in [0.15, 0.2) is 5.96 Å². The molecule has 1 atom stereocenters. The number of guanidine groups is 1. The van der Waals surface area contributed by atoms with Crippen molar-refractivity contribution in [3.63, 3.8) is 0 Å². The first-order valence-corrected chi connectivity index (χ1v) is 8.85. The maximum absolute atomic E-state index is 6.09. The van der Waals surface area contributed by atoms with E-state index < -0.39 is 5.60 Å². The summed E-state index contributed by atoms with van der Waals surface area (Å²) >= 11 is 1.78. The largest absolute Gasteiger partial charge is 0.380 e. The molecule has 0 fully saturated rings. The van der Waals surface area contributed by atoms with Crippen LogP contribution in [-0.4, -0.2) is 26.2 Å². The van der Waals surface area contributed by atoms with Gasteiger partial charge in [0.05, 0.1) is 19.8 Å². The lowest BCUT2D eigenvalue weighted by Gasteiger charge is -2.33. The van der Waals surface area contributed by atoms with E-state index in [-0.39, 0.29) is 0 Å². The van der Waals surface area contributed by atoms with E-state index in [1.807, 2.05) is 24.3 Å². The number of fused-ring (bicyclic) bond motifs is 1. The van der Waals surface area contributed by atoms with Crippen molar-refractivity contribution in [1.82, 2.24) is 0 Å². The van der Waals surface area contributed by atoms with E-state index in [2.05, 4.69) is 28.7 Å². The summed E-state index contributed by atoms with van der Waals surface area (Å²) < 4.78 is 11.2. The van der Waals surface area contributed by atoms with Gasteiger partial charge in [0.2, 0.25) is 0 Å². The number of nitrogens with two attached hydrogens (primary N) is 1. The van der Waals surface area contributed by atoms with Crippen LogP contribution in [0.3, 0.4) is 0 Å². The summed E-state index contributed by atoms with van der Waals surface area (Å²) in [6.45, 7) is 3.81. The average Bonchev–Trinajstić information content (AvgIpc) is 3.06. The maximum Gasteiger partial charge on any atom is 0.193 e. The fraction of sp³-hybridized carbons (Fsp3) is 0.389. The Morgan fingerprint density at radius 3 is 3.08 bits per heavy atom. The van der Waals surface area contributed by atoms with Gasteiger partial charge in [-0.1, -0.05) is 18.2 Å². The Hall–Kier alpha value is -1.89. The number of hydrogen-bond donors (Lipinski definition) is 2. The Kier molecular flexibility index (Phi) is 5.18. The molecule has 1 aromatic carbocycles. The summed E-state index contributed by atoms with van der Waals surface area (Å²) in [4.78, 5) is 5.90. The third kappa shape index (κ3) is 3.61. The number of thiophene rings is 1. The standard InChI is InChI=1S/C18H23N3O2S/c1-18(14-8-10-24-16(14)7-9-23-18)12-20-17(19)21-15-6-4-3-5-13(15)11-22-2/h3-6,8,10H,7,9,11-12H2,1-2H3,(H3,19,20,21). The molecule has 0 amide bonds. The summed E-state index contributed by atoms with van der Waals surface area (Å²) in [5.74, 6) is 0.380. The molecule has 0 spiro atoms. The SMILES string of the molecule is COCc1ccccc1NC(N)=NCC1(C)OCCc2sccc21. The lowest BCUT2D eigenvalue weighted by molar-refractivity contribution is -0.0374. The van der Waals surface area contributed by atoms with Crippen LogP contribution in [0.1, 0.15) is 22.9 Å². The van der Waals surface area contributed by atoms with Crippen LogP contribution in [0.15, 0.2) is 40.7 Å². The van der Waals surface area contributed by atoms with Crippen molar-refractivity contribution in [3.8, 4) is 0 Å². The van der Waals surface area contributed by atoms with Crippen LogP contribution in [-0.2, 0) is 28.1 Å². The lowest BCUT2D eigenvalue weighted by Crippen LogP contribution is -2.36. The van der Waals surface area contributed by atoms with Crippen LogP contribution in [0, 0.1) is 0 Å². The highest BCUT2D eigenvalue weighted by atomic mass is 32.1. The summed E-state index contributed by atoms with van der Waals surface area (Å²) in [5, 5.41) is 5.28. The summed E-state index contributed by atoms with van der Waals surface area (Å²) in [7, 11) is 1.67. The number of benzene rings is 1. The quantitative estimate of drug-likeness (QED) is 0.645. The van der Waals surface area contributed by atoms with Crippen molar-refractivity contribution < 1.29 is 9.47 Å². The number of nitrogens with one attached hydrogen (secondary N) is 1. The van der Waals surface area contributed by atoms with E-state index in [9.17, 15) is 0 Å². The summed E-state index contributed by atoms with van der Waals surface area (Å²) in [6.07, 6.45) is 0.977. The van der Waals surface area contributed by atoms with E-state index in [1.165, 1.54) is 10.4 Å². The van der Waals surface area contributed by atoms with E-state index in [0.717, 1.165) is 24.3 Å². The molecule has 0 saturated carbocycles. The fourth-order valence-electron chi connectivity index (χ4n) is 2.92. The molecule has 1 aliphatic heterocycles. The number of para-hydroxylation sites is 1. The van der Waals surface area contributed by atoms with Gasteiger partial charge in [-0.2, -0.15) is 0 Å². The highest BCUT2D eigenvalue weighted by molar-refractivity contribution is 7.10.